The van der Waals surface area contributed by atoms with E-state index in [2.05, 4.69) is 13.5 Å². The lowest BCUT2D eigenvalue weighted by molar-refractivity contribution is -0.148. The Morgan fingerprint density at radius 2 is 2.00 bits per heavy atom. The Hall–Kier alpha value is -0.830. The molecule has 0 bridgehead atoms. The number of carbonyl (C=O) groups is 1. The van der Waals surface area contributed by atoms with E-state index in [0.717, 1.165) is 25.3 Å². The molecule has 2 unspecified atom stereocenters. The Balaban J connectivity index is 3.77. The fourth-order valence-corrected chi connectivity index (χ4v) is 1.54. The average Bonchev–Trinajstić information content (AvgIpc) is 2.26. The van der Waals surface area contributed by atoms with Gasteiger partial charge in [-0.05, 0) is 19.8 Å². The zero-order valence-electron chi connectivity index (χ0n) is 10.4. The van der Waals surface area contributed by atoms with Gasteiger partial charge in [-0.2, -0.15) is 0 Å². The van der Waals surface area contributed by atoms with Crippen molar-refractivity contribution in [3.8, 4) is 0 Å². The van der Waals surface area contributed by atoms with E-state index in [0.29, 0.717) is 0 Å². The molecule has 0 radical (unpaired) electrons. The van der Waals surface area contributed by atoms with E-state index in [4.69, 9.17) is 4.74 Å². The van der Waals surface area contributed by atoms with Crippen molar-refractivity contribution in [1.82, 2.24) is 0 Å². The minimum atomic E-state index is -0.616. The molecule has 2 atom stereocenters. The second kappa shape index (κ2) is 9.40. The zero-order chi connectivity index (χ0) is 12.4. The normalized spacial score (nSPS) is 14.2. The lowest BCUT2D eigenvalue weighted by Crippen LogP contribution is -2.28. The van der Waals surface area contributed by atoms with Gasteiger partial charge >= 0.3 is 5.97 Å². The van der Waals surface area contributed by atoms with E-state index in [9.17, 15) is 9.90 Å². The van der Waals surface area contributed by atoms with Crippen LogP contribution >= 0.6 is 0 Å². The molecule has 0 heterocycles. The van der Waals surface area contributed by atoms with Crippen molar-refractivity contribution in [1.29, 1.82) is 0 Å². The highest BCUT2D eigenvalue weighted by Crippen LogP contribution is 2.12. The van der Waals surface area contributed by atoms with Crippen LogP contribution in [0.4, 0.5) is 0 Å². The monoisotopic (exact) mass is 228 g/mol. The first-order valence-electron chi connectivity index (χ1n) is 6.13. The second-order valence-electron chi connectivity index (χ2n) is 4.12. The summed E-state index contributed by atoms with van der Waals surface area (Å²) >= 11 is 0. The molecule has 0 aliphatic rings. The van der Waals surface area contributed by atoms with Crippen molar-refractivity contribution >= 4 is 5.97 Å². The number of ether oxygens (including phenoxy) is 1. The fourth-order valence-electron chi connectivity index (χ4n) is 1.54. The molecule has 16 heavy (non-hydrogen) atoms. The van der Waals surface area contributed by atoms with Gasteiger partial charge in [-0.1, -0.05) is 39.2 Å². The third-order valence-electron chi connectivity index (χ3n) is 2.56. The molecule has 0 aromatic heterocycles. The maximum Gasteiger partial charge on any atom is 0.330 e. The molecule has 0 amide bonds. The van der Waals surface area contributed by atoms with Crippen LogP contribution in [0.3, 0.4) is 0 Å². The molecule has 0 aromatic carbocycles. The molecule has 94 valence electrons. The minimum Gasteiger partial charge on any atom is -0.456 e. The van der Waals surface area contributed by atoms with Crippen molar-refractivity contribution in [2.75, 3.05) is 0 Å². The van der Waals surface area contributed by atoms with Crippen molar-refractivity contribution in [2.24, 2.45) is 0 Å². The summed E-state index contributed by atoms with van der Waals surface area (Å²) < 4.78 is 5.06. The molecule has 0 saturated carbocycles. The molecule has 0 aliphatic heterocycles. The molecular weight excluding hydrogens is 204 g/mol. The van der Waals surface area contributed by atoms with Crippen molar-refractivity contribution in [3.63, 3.8) is 0 Å². The van der Waals surface area contributed by atoms with Gasteiger partial charge in [0.2, 0.25) is 0 Å². The Bertz CT molecular complexity index is 199. The number of rotatable bonds is 9. The Kier molecular flexibility index (Phi) is 8.91. The number of esters is 1. The van der Waals surface area contributed by atoms with Crippen LogP contribution in [-0.2, 0) is 9.53 Å². The van der Waals surface area contributed by atoms with Gasteiger partial charge in [0.15, 0.2) is 0 Å². The lowest BCUT2D eigenvalue weighted by Gasteiger charge is -2.19. The van der Waals surface area contributed by atoms with Crippen molar-refractivity contribution in [2.45, 2.75) is 64.6 Å². The summed E-state index contributed by atoms with van der Waals surface area (Å²) in [5.74, 6) is -0.459. The Morgan fingerprint density at radius 1 is 1.38 bits per heavy atom. The Morgan fingerprint density at radius 3 is 2.50 bits per heavy atom. The van der Waals surface area contributed by atoms with Crippen LogP contribution in [0.15, 0.2) is 12.7 Å². The first-order chi connectivity index (χ1) is 7.61. The van der Waals surface area contributed by atoms with E-state index in [1.54, 1.807) is 6.92 Å². The van der Waals surface area contributed by atoms with Gasteiger partial charge in [0.05, 0.1) is 6.10 Å². The minimum absolute atomic E-state index is 0.396. The summed E-state index contributed by atoms with van der Waals surface area (Å²) in [5.41, 5.74) is 0. The van der Waals surface area contributed by atoms with Gasteiger partial charge in [-0.15, -0.1) is 0 Å². The third kappa shape index (κ3) is 7.46. The third-order valence-corrected chi connectivity index (χ3v) is 2.56. The molecule has 0 saturated heterocycles. The van der Waals surface area contributed by atoms with Gasteiger partial charge < -0.3 is 9.84 Å². The van der Waals surface area contributed by atoms with E-state index in [1.807, 2.05) is 0 Å². The predicted molar refractivity (Wildman–Crippen MR) is 65.1 cm³/mol. The molecule has 3 nitrogen and oxygen atoms in total. The molecule has 0 aromatic rings. The summed E-state index contributed by atoms with van der Waals surface area (Å²) in [6.45, 7) is 7.15. The summed E-state index contributed by atoms with van der Waals surface area (Å²) in [6, 6.07) is 0. The van der Waals surface area contributed by atoms with Crippen LogP contribution < -0.4 is 0 Å². The number of carbonyl (C=O) groups excluding carboxylic acids is 1. The van der Waals surface area contributed by atoms with Crippen molar-refractivity contribution in [3.05, 3.63) is 12.7 Å². The number of aliphatic hydroxyl groups is 1. The standard InChI is InChI=1S/C13H24O3/c1-4-6-7-8-9-10-12(11(3)14)16-13(15)5-2/h5,11-12,14H,2,4,6-10H2,1,3H3. The van der Waals surface area contributed by atoms with Gasteiger partial charge in [-0.25, -0.2) is 4.79 Å². The predicted octanol–water partition coefficient (Wildman–Crippen LogP) is 2.83. The van der Waals surface area contributed by atoms with Crippen LogP contribution in [0.1, 0.15) is 52.4 Å². The average molecular weight is 228 g/mol. The largest absolute Gasteiger partial charge is 0.456 e. The van der Waals surface area contributed by atoms with Crippen LogP contribution in [0.2, 0.25) is 0 Å². The molecule has 3 heteroatoms. The van der Waals surface area contributed by atoms with Gasteiger partial charge in [0.1, 0.15) is 6.10 Å². The molecule has 0 aliphatic carbocycles. The summed E-state index contributed by atoms with van der Waals surface area (Å²) in [7, 11) is 0. The highest BCUT2D eigenvalue weighted by Gasteiger charge is 2.17. The molecule has 0 fully saturated rings. The maximum atomic E-state index is 11.0. The SMILES string of the molecule is C=CC(=O)OC(CCCCCCC)C(C)O. The number of hydrogen-bond acceptors (Lipinski definition) is 3. The Labute approximate surface area is 98.5 Å². The van der Waals surface area contributed by atoms with E-state index in [-0.39, 0.29) is 0 Å². The van der Waals surface area contributed by atoms with E-state index < -0.39 is 18.2 Å². The van der Waals surface area contributed by atoms with Gasteiger partial charge in [0.25, 0.3) is 0 Å². The smallest absolute Gasteiger partial charge is 0.330 e. The molecular formula is C13H24O3. The lowest BCUT2D eigenvalue weighted by atomic mass is 10.1. The van der Waals surface area contributed by atoms with Crippen LogP contribution in [0, 0.1) is 0 Å². The highest BCUT2D eigenvalue weighted by molar-refractivity contribution is 5.81. The van der Waals surface area contributed by atoms with Crippen molar-refractivity contribution < 1.29 is 14.6 Å². The number of hydrogen-bond donors (Lipinski definition) is 1. The summed E-state index contributed by atoms with van der Waals surface area (Å²) in [4.78, 5) is 11.0. The van der Waals surface area contributed by atoms with Crippen LogP contribution in [0.25, 0.3) is 0 Å². The molecule has 0 spiro atoms. The van der Waals surface area contributed by atoms with Gasteiger partial charge in [0, 0.05) is 6.08 Å². The summed E-state index contributed by atoms with van der Waals surface area (Å²) in [6.07, 6.45) is 6.62. The molecule has 1 N–H and O–H groups in total. The number of unbranched alkanes of at least 4 members (excludes halogenated alkanes) is 4. The topological polar surface area (TPSA) is 46.5 Å². The maximum absolute atomic E-state index is 11.0. The van der Waals surface area contributed by atoms with Crippen LogP contribution in [-0.4, -0.2) is 23.3 Å². The van der Waals surface area contributed by atoms with Crippen LogP contribution in [0.5, 0.6) is 0 Å². The summed E-state index contributed by atoms with van der Waals surface area (Å²) in [5, 5.41) is 9.45. The van der Waals surface area contributed by atoms with Gasteiger partial charge in [-0.3, -0.25) is 0 Å². The fraction of sp³-hybridized carbons (Fsp3) is 0.769. The molecule has 0 rings (SSSR count). The first kappa shape index (κ1) is 15.2. The van der Waals surface area contributed by atoms with E-state index in [1.165, 1.54) is 19.3 Å². The highest BCUT2D eigenvalue weighted by atomic mass is 16.6. The quantitative estimate of drug-likeness (QED) is 0.375. The first-order valence-corrected chi connectivity index (χ1v) is 6.13. The zero-order valence-corrected chi connectivity index (χ0v) is 10.4. The van der Waals surface area contributed by atoms with E-state index >= 15 is 0 Å². The second-order valence-corrected chi connectivity index (χ2v) is 4.12. The number of aliphatic hydroxyl groups excluding tert-OH is 1.